The molecule has 8 nitrogen and oxygen atoms in total. The highest BCUT2D eigenvalue weighted by Gasteiger charge is 2.34. The first-order valence-electron chi connectivity index (χ1n) is 11.8. The van der Waals surface area contributed by atoms with Crippen LogP contribution in [0.5, 0.6) is 11.5 Å². The lowest BCUT2D eigenvalue weighted by atomic mass is 9.89. The van der Waals surface area contributed by atoms with Crippen molar-refractivity contribution < 1.29 is 32.2 Å². The summed E-state index contributed by atoms with van der Waals surface area (Å²) in [5, 5.41) is 8.72. The fraction of sp³-hybridized carbons (Fsp3) is 0.259. The van der Waals surface area contributed by atoms with Crippen molar-refractivity contribution in [3.05, 3.63) is 83.7 Å². The average Bonchev–Trinajstić information content (AvgIpc) is 2.90. The number of anilines is 1. The highest BCUT2D eigenvalue weighted by Crippen LogP contribution is 2.35. The Morgan fingerprint density at radius 3 is 2.42 bits per heavy atom. The van der Waals surface area contributed by atoms with E-state index in [2.05, 4.69) is 20.1 Å². The first kappa shape index (κ1) is 26.6. The molecule has 1 aromatic heterocycles. The summed E-state index contributed by atoms with van der Waals surface area (Å²) in [6, 6.07) is 14.3. The molecule has 198 valence electrons. The topological polar surface area (TPSA) is 93.1 Å². The zero-order chi connectivity index (χ0) is 27.3. The van der Waals surface area contributed by atoms with Gasteiger partial charge in [-0.3, -0.25) is 14.6 Å². The molecule has 2 amide bonds. The van der Waals surface area contributed by atoms with Gasteiger partial charge in [-0.15, -0.1) is 13.2 Å². The van der Waals surface area contributed by atoms with E-state index in [1.54, 1.807) is 36.4 Å². The molecule has 1 N–H and O–H groups in total. The number of hydrogen-bond acceptors (Lipinski definition) is 6. The number of halogens is 3. The van der Waals surface area contributed by atoms with Crippen molar-refractivity contribution in [1.82, 2.24) is 9.99 Å². The summed E-state index contributed by atoms with van der Waals surface area (Å²) in [5.41, 5.74) is 2.96. The molecule has 0 saturated carbocycles. The molecule has 11 heteroatoms. The first-order chi connectivity index (χ1) is 18.2. The molecule has 0 spiro atoms. The number of alkyl halides is 3. The Balaban J connectivity index is 1.53. The van der Waals surface area contributed by atoms with Crippen LogP contribution in [0.4, 0.5) is 18.9 Å². The van der Waals surface area contributed by atoms with Gasteiger partial charge in [0.1, 0.15) is 0 Å². The van der Waals surface area contributed by atoms with Crippen LogP contribution in [-0.4, -0.2) is 41.0 Å². The SMILES string of the molecule is CCC1CC(=O)N(Cc2ccc(NC(=O)c3ccncc3)cc2)N=C1c1ccc(OC(F)(F)F)c(OC)c1. The maximum atomic E-state index is 12.8. The van der Waals surface area contributed by atoms with Crippen LogP contribution in [0.3, 0.4) is 0 Å². The second-order valence-corrected chi connectivity index (χ2v) is 8.55. The number of nitrogens with zero attached hydrogens (tertiary/aromatic N) is 3. The van der Waals surface area contributed by atoms with Crippen molar-refractivity contribution in [2.45, 2.75) is 32.7 Å². The molecule has 2 heterocycles. The smallest absolute Gasteiger partial charge is 0.493 e. The molecule has 38 heavy (non-hydrogen) atoms. The lowest BCUT2D eigenvalue weighted by Gasteiger charge is -2.29. The largest absolute Gasteiger partial charge is 0.573 e. The van der Waals surface area contributed by atoms with E-state index in [1.807, 2.05) is 6.92 Å². The molecule has 0 aliphatic carbocycles. The number of carbonyl (C=O) groups is 2. The molecule has 2 aromatic carbocycles. The van der Waals surface area contributed by atoms with Gasteiger partial charge < -0.3 is 14.8 Å². The number of benzene rings is 2. The predicted octanol–water partition coefficient (Wildman–Crippen LogP) is 5.40. The number of rotatable bonds is 8. The van der Waals surface area contributed by atoms with E-state index in [1.165, 1.54) is 42.7 Å². The fourth-order valence-electron chi connectivity index (χ4n) is 4.04. The number of ether oxygens (including phenoxy) is 2. The van der Waals surface area contributed by atoms with Gasteiger partial charge >= 0.3 is 6.36 Å². The molecule has 1 aliphatic heterocycles. The summed E-state index contributed by atoms with van der Waals surface area (Å²) in [6.07, 6.45) is -0.964. The number of hydrazone groups is 1. The Bertz CT molecular complexity index is 1330. The fourth-order valence-corrected chi connectivity index (χ4v) is 4.04. The zero-order valence-electron chi connectivity index (χ0n) is 20.7. The molecule has 1 aliphatic rings. The Labute approximate surface area is 217 Å². The number of nitrogens with one attached hydrogen (secondary N) is 1. The van der Waals surface area contributed by atoms with E-state index in [0.717, 1.165) is 5.56 Å². The highest BCUT2D eigenvalue weighted by atomic mass is 19.4. The predicted molar refractivity (Wildman–Crippen MR) is 134 cm³/mol. The molecular formula is C27H25F3N4O4. The van der Waals surface area contributed by atoms with Gasteiger partial charge in [0, 0.05) is 41.5 Å². The van der Waals surface area contributed by atoms with Crippen LogP contribution < -0.4 is 14.8 Å². The third-order valence-corrected chi connectivity index (χ3v) is 5.99. The number of methoxy groups -OCH3 is 1. The molecular weight excluding hydrogens is 501 g/mol. The van der Waals surface area contributed by atoms with Crippen LogP contribution in [0.1, 0.15) is 41.3 Å². The van der Waals surface area contributed by atoms with Gasteiger partial charge in [0.25, 0.3) is 5.91 Å². The van der Waals surface area contributed by atoms with Gasteiger partial charge in [-0.2, -0.15) is 5.10 Å². The zero-order valence-corrected chi connectivity index (χ0v) is 20.7. The van der Waals surface area contributed by atoms with Gasteiger partial charge in [0.05, 0.1) is 19.4 Å². The minimum absolute atomic E-state index is 0.0924. The summed E-state index contributed by atoms with van der Waals surface area (Å²) in [6.45, 7) is 2.10. The second kappa shape index (κ2) is 11.3. The van der Waals surface area contributed by atoms with Crippen molar-refractivity contribution in [3.63, 3.8) is 0 Å². The number of carbonyl (C=O) groups excluding carboxylic acids is 2. The van der Waals surface area contributed by atoms with E-state index in [4.69, 9.17) is 4.74 Å². The number of hydrogen-bond donors (Lipinski definition) is 1. The summed E-state index contributed by atoms with van der Waals surface area (Å²) in [4.78, 5) is 29.1. The van der Waals surface area contributed by atoms with E-state index in [-0.39, 0.29) is 36.4 Å². The summed E-state index contributed by atoms with van der Waals surface area (Å²) in [7, 11) is 1.25. The third-order valence-electron chi connectivity index (χ3n) is 5.99. The maximum Gasteiger partial charge on any atom is 0.573 e. The molecule has 4 rings (SSSR count). The van der Waals surface area contributed by atoms with Crippen molar-refractivity contribution in [2.75, 3.05) is 12.4 Å². The minimum Gasteiger partial charge on any atom is -0.493 e. The molecule has 1 unspecified atom stereocenters. The van der Waals surface area contributed by atoms with Crippen LogP contribution >= 0.6 is 0 Å². The Morgan fingerprint density at radius 1 is 1.08 bits per heavy atom. The Hall–Kier alpha value is -4.41. The van der Waals surface area contributed by atoms with Gasteiger partial charge in [-0.25, -0.2) is 5.01 Å². The van der Waals surface area contributed by atoms with E-state index in [0.29, 0.717) is 28.9 Å². The molecule has 0 bridgehead atoms. The van der Waals surface area contributed by atoms with Crippen molar-refractivity contribution in [1.29, 1.82) is 0 Å². The standard InChI is InChI=1S/C27H25F3N4O4/c1-3-18-15-24(35)34(33-25(18)20-6-9-22(23(14-20)37-2)38-27(28,29)30)16-17-4-7-21(8-5-17)32-26(36)19-10-12-31-13-11-19/h4-14,18H,3,15-16H2,1-2H3,(H,32,36). The second-order valence-electron chi connectivity index (χ2n) is 8.55. The lowest BCUT2D eigenvalue weighted by Crippen LogP contribution is -2.36. The first-order valence-corrected chi connectivity index (χ1v) is 11.8. The van der Waals surface area contributed by atoms with Crippen LogP contribution in [0.2, 0.25) is 0 Å². The van der Waals surface area contributed by atoms with Crippen LogP contribution in [0, 0.1) is 5.92 Å². The molecule has 0 saturated heterocycles. The lowest BCUT2D eigenvalue weighted by molar-refractivity contribution is -0.275. The van der Waals surface area contributed by atoms with Crippen LogP contribution in [0.25, 0.3) is 0 Å². The number of pyridine rings is 1. The third kappa shape index (κ3) is 6.47. The molecule has 0 fully saturated rings. The van der Waals surface area contributed by atoms with Gasteiger partial charge in [0.15, 0.2) is 11.5 Å². The monoisotopic (exact) mass is 526 g/mol. The van der Waals surface area contributed by atoms with E-state index < -0.39 is 12.1 Å². The number of amides is 2. The van der Waals surface area contributed by atoms with Gasteiger partial charge in [0.2, 0.25) is 5.91 Å². The van der Waals surface area contributed by atoms with E-state index >= 15 is 0 Å². The summed E-state index contributed by atoms with van der Waals surface area (Å²) < 4.78 is 47.3. The maximum absolute atomic E-state index is 12.8. The van der Waals surface area contributed by atoms with Crippen molar-refractivity contribution in [2.24, 2.45) is 11.0 Å². The van der Waals surface area contributed by atoms with Crippen molar-refractivity contribution >= 4 is 23.2 Å². The highest BCUT2D eigenvalue weighted by molar-refractivity contribution is 6.06. The summed E-state index contributed by atoms with van der Waals surface area (Å²) in [5.74, 6) is -1.20. The van der Waals surface area contributed by atoms with Crippen LogP contribution in [-0.2, 0) is 11.3 Å². The number of aromatic nitrogens is 1. The molecule has 1 atom stereocenters. The normalized spacial score (nSPS) is 15.6. The summed E-state index contributed by atoms with van der Waals surface area (Å²) >= 11 is 0. The van der Waals surface area contributed by atoms with Crippen LogP contribution in [0.15, 0.2) is 72.1 Å². The van der Waals surface area contributed by atoms with Crippen molar-refractivity contribution in [3.8, 4) is 11.5 Å². The Morgan fingerprint density at radius 2 is 1.79 bits per heavy atom. The Kier molecular flexibility index (Phi) is 7.94. The van der Waals surface area contributed by atoms with Gasteiger partial charge in [-0.1, -0.05) is 19.1 Å². The van der Waals surface area contributed by atoms with Gasteiger partial charge in [-0.05, 0) is 54.4 Å². The average molecular weight is 527 g/mol. The minimum atomic E-state index is -4.86. The molecule has 3 aromatic rings. The quantitative estimate of drug-likeness (QED) is 0.424. The van der Waals surface area contributed by atoms with E-state index in [9.17, 15) is 22.8 Å². The molecule has 0 radical (unpaired) electrons.